The van der Waals surface area contributed by atoms with E-state index in [9.17, 15) is 24.1 Å². The molecule has 0 heterocycles. The molecule has 0 radical (unpaired) electrons. The zero-order valence-electron chi connectivity index (χ0n) is 16.4. The maximum atomic E-state index is 13.7. The summed E-state index contributed by atoms with van der Waals surface area (Å²) < 4.78 is 24.1. The van der Waals surface area contributed by atoms with E-state index in [-0.39, 0.29) is 22.1 Å². The second kappa shape index (κ2) is 10.4. The molecule has 0 aliphatic rings. The standard InChI is InChI=1S/C22H16ClFN2O6/c23-16-12-15(26(29)30)10-11-18(16)25-22(28)21(14-6-2-1-3-7-14)32-20(27)13-31-19-9-5-4-8-17(19)24/h1-12,21H,13H2,(H,25,28). The van der Waals surface area contributed by atoms with E-state index in [0.29, 0.717) is 5.56 Å². The molecule has 0 aromatic heterocycles. The molecule has 0 bridgehead atoms. The third kappa shape index (κ3) is 5.79. The van der Waals surface area contributed by atoms with E-state index in [1.54, 1.807) is 30.3 Å². The summed E-state index contributed by atoms with van der Waals surface area (Å²) in [5.74, 6) is -2.44. The molecule has 1 unspecified atom stereocenters. The molecule has 8 nitrogen and oxygen atoms in total. The van der Waals surface area contributed by atoms with E-state index >= 15 is 0 Å². The number of amides is 1. The van der Waals surface area contributed by atoms with Gasteiger partial charge >= 0.3 is 5.97 Å². The van der Waals surface area contributed by atoms with Crippen LogP contribution in [0, 0.1) is 15.9 Å². The third-order valence-electron chi connectivity index (χ3n) is 4.19. The summed E-state index contributed by atoms with van der Waals surface area (Å²) in [6.07, 6.45) is -1.38. The Balaban J connectivity index is 1.74. The fourth-order valence-electron chi connectivity index (χ4n) is 2.68. The highest BCUT2D eigenvalue weighted by atomic mass is 35.5. The minimum Gasteiger partial charge on any atom is -0.479 e. The van der Waals surface area contributed by atoms with Gasteiger partial charge in [0.25, 0.3) is 11.6 Å². The maximum Gasteiger partial charge on any atom is 0.345 e. The van der Waals surface area contributed by atoms with E-state index in [1.807, 2.05) is 0 Å². The molecule has 1 amide bonds. The van der Waals surface area contributed by atoms with Gasteiger partial charge in [0.15, 0.2) is 18.2 Å². The number of carbonyl (C=O) groups is 2. The second-order valence-electron chi connectivity index (χ2n) is 6.41. The average molecular weight is 459 g/mol. The summed E-state index contributed by atoms with van der Waals surface area (Å²) in [5.41, 5.74) is 0.216. The first-order valence-corrected chi connectivity index (χ1v) is 9.59. The average Bonchev–Trinajstić information content (AvgIpc) is 2.78. The molecule has 164 valence electrons. The Kier molecular flexibility index (Phi) is 7.35. The minimum absolute atomic E-state index is 0.0615. The number of rotatable bonds is 8. The Morgan fingerprint density at radius 2 is 1.75 bits per heavy atom. The molecule has 0 saturated carbocycles. The fraction of sp³-hybridized carbons (Fsp3) is 0.0909. The Hall–Kier alpha value is -3.98. The number of nitro groups is 1. The minimum atomic E-state index is -1.38. The van der Waals surface area contributed by atoms with Crippen LogP contribution in [-0.4, -0.2) is 23.4 Å². The molecule has 0 aliphatic carbocycles. The summed E-state index contributed by atoms with van der Waals surface area (Å²) in [5, 5.41) is 13.3. The zero-order chi connectivity index (χ0) is 23.1. The molecule has 1 N–H and O–H groups in total. The highest BCUT2D eigenvalue weighted by molar-refractivity contribution is 6.34. The molecule has 0 aliphatic heterocycles. The third-order valence-corrected chi connectivity index (χ3v) is 4.51. The first-order chi connectivity index (χ1) is 15.3. The van der Waals surface area contributed by atoms with Gasteiger partial charge in [-0.05, 0) is 18.2 Å². The summed E-state index contributed by atoms with van der Waals surface area (Å²) in [6, 6.07) is 17.2. The molecular formula is C22H16ClFN2O6. The number of benzene rings is 3. The van der Waals surface area contributed by atoms with Gasteiger partial charge in [0, 0.05) is 17.7 Å². The monoisotopic (exact) mass is 458 g/mol. The molecule has 0 saturated heterocycles. The van der Waals surface area contributed by atoms with Crippen LogP contribution in [-0.2, 0) is 14.3 Å². The molecule has 1 atom stereocenters. The smallest absolute Gasteiger partial charge is 0.345 e. The Morgan fingerprint density at radius 1 is 1.06 bits per heavy atom. The lowest BCUT2D eigenvalue weighted by Crippen LogP contribution is -2.28. The van der Waals surface area contributed by atoms with Gasteiger partial charge in [-0.2, -0.15) is 0 Å². The molecule has 3 rings (SSSR count). The number of halogens is 2. The topological polar surface area (TPSA) is 108 Å². The highest BCUT2D eigenvalue weighted by Crippen LogP contribution is 2.28. The number of anilines is 1. The highest BCUT2D eigenvalue weighted by Gasteiger charge is 2.26. The lowest BCUT2D eigenvalue weighted by atomic mass is 10.1. The van der Waals surface area contributed by atoms with Crippen molar-refractivity contribution in [3.63, 3.8) is 0 Å². The quantitative estimate of drug-likeness (QED) is 0.298. The Bertz CT molecular complexity index is 1140. The van der Waals surface area contributed by atoms with Crippen molar-refractivity contribution in [3.05, 3.63) is 99.3 Å². The van der Waals surface area contributed by atoms with Crippen LogP contribution >= 0.6 is 11.6 Å². The molecule has 0 spiro atoms. The zero-order valence-corrected chi connectivity index (χ0v) is 17.1. The van der Waals surface area contributed by atoms with E-state index in [1.165, 1.54) is 36.4 Å². The number of hydrogen-bond acceptors (Lipinski definition) is 6. The number of esters is 1. The van der Waals surface area contributed by atoms with E-state index < -0.39 is 35.3 Å². The van der Waals surface area contributed by atoms with Crippen LogP contribution in [0.5, 0.6) is 5.75 Å². The van der Waals surface area contributed by atoms with Crippen LogP contribution in [0.1, 0.15) is 11.7 Å². The van der Waals surface area contributed by atoms with E-state index in [0.717, 1.165) is 6.07 Å². The Labute approximate surface area is 186 Å². The van der Waals surface area contributed by atoms with Crippen molar-refractivity contribution in [1.29, 1.82) is 0 Å². The first-order valence-electron chi connectivity index (χ1n) is 9.21. The van der Waals surface area contributed by atoms with Crippen LogP contribution in [0.25, 0.3) is 0 Å². The van der Waals surface area contributed by atoms with Crippen LogP contribution in [0.3, 0.4) is 0 Å². The molecule has 3 aromatic rings. The maximum absolute atomic E-state index is 13.7. The van der Waals surface area contributed by atoms with Crippen LogP contribution in [0.15, 0.2) is 72.8 Å². The summed E-state index contributed by atoms with van der Waals surface area (Å²) in [4.78, 5) is 35.4. The number of para-hydroxylation sites is 1. The number of hydrogen-bond donors (Lipinski definition) is 1. The summed E-state index contributed by atoms with van der Waals surface area (Å²) >= 11 is 6.02. The van der Waals surface area contributed by atoms with Gasteiger partial charge in [-0.3, -0.25) is 14.9 Å². The van der Waals surface area contributed by atoms with Crippen molar-refractivity contribution in [2.75, 3.05) is 11.9 Å². The largest absolute Gasteiger partial charge is 0.479 e. The van der Waals surface area contributed by atoms with Gasteiger partial charge in [-0.15, -0.1) is 0 Å². The van der Waals surface area contributed by atoms with Crippen molar-refractivity contribution in [2.24, 2.45) is 0 Å². The fourth-order valence-corrected chi connectivity index (χ4v) is 2.90. The number of nitrogens with one attached hydrogen (secondary N) is 1. The lowest BCUT2D eigenvalue weighted by molar-refractivity contribution is -0.384. The molecular weight excluding hydrogens is 443 g/mol. The van der Waals surface area contributed by atoms with E-state index in [4.69, 9.17) is 21.1 Å². The molecule has 0 fully saturated rings. The second-order valence-corrected chi connectivity index (χ2v) is 6.82. The Morgan fingerprint density at radius 3 is 2.41 bits per heavy atom. The van der Waals surface area contributed by atoms with Gasteiger partial charge < -0.3 is 14.8 Å². The number of ether oxygens (including phenoxy) is 2. The lowest BCUT2D eigenvalue weighted by Gasteiger charge is -2.18. The van der Waals surface area contributed by atoms with Gasteiger partial charge in [-0.25, -0.2) is 9.18 Å². The summed E-state index contributed by atoms with van der Waals surface area (Å²) in [6.45, 7) is -0.629. The predicted molar refractivity (Wildman–Crippen MR) is 114 cm³/mol. The number of nitro benzene ring substituents is 1. The summed E-state index contributed by atoms with van der Waals surface area (Å²) in [7, 11) is 0. The van der Waals surface area contributed by atoms with Crippen molar-refractivity contribution in [3.8, 4) is 5.75 Å². The van der Waals surface area contributed by atoms with Gasteiger partial charge in [0.05, 0.1) is 15.6 Å². The van der Waals surface area contributed by atoms with Gasteiger partial charge in [-0.1, -0.05) is 54.1 Å². The number of non-ortho nitro benzene ring substituents is 1. The normalized spacial score (nSPS) is 11.3. The van der Waals surface area contributed by atoms with Crippen LogP contribution in [0.2, 0.25) is 5.02 Å². The molecule has 3 aromatic carbocycles. The van der Waals surface area contributed by atoms with Crippen molar-refractivity contribution >= 4 is 34.9 Å². The SMILES string of the molecule is O=C(COc1ccccc1F)OC(C(=O)Nc1ccc([N+](=O)[O-])cc1Cl)c1ccccc1. The predicted octanol–water partition coefficient (Wildman–Crippen LogP) is 4.69. The number of carbonyl (C=O) groups excluding carboxylic acids is 2. The van der Waals surface area contributed by atoms with Crippen molar-refractivity contribution in [1.82, 2.24) is 0 Å². The van der Waals surface area contributed by atoms with E-state index in [2.05, 4.69) is 5.32 Å². The number of nitrogens with zero attached hydrogens (tertiary/aromatic N) is 1. The first kappa shape index (κ1) is 22.7. The molecule has 10 heteroatoms. The molecule has 32 heavy (non-hydrogen) atoms. The van der Waals surface area contributed by atoms with Crippen LogP contribution < -0.4 is 10.1 Å². The van der Waals surface area contributed by atoms with Gasteiger partial charge in [0.1, 0.15) is 0 Å². The van der Waals surface area contributed by atoms with Gasteiger partial charge in [0.2, 0.25) is 6.10 Å². The van der Waals surface area contributed by atoms with Crippen LogP contribution in [0.4, 0.5) is 15.8 Å². The van der Waals surface area contributed by atoms with Crippen molar-refractivity contribution in [2.45, 2.75) is 6.10 Å². The van der Waals surface area contributed by atoms with Crippen molar-refractivity contribution < 1.29 is 28.4 Å².